The van der Waals surface area contributed by atoms with Gasteiger partial charge in [0.25, 0.3) is 5.69 Å². The van der Waals surface area contributed by atoms with Gasteiger partial charge in [0.15, 0.2) is 11.5 Å². The molecule has 0 saturated carbocycles. The number of carbonyl (C=O) groups is 1. The molecule has 3 aromatic carbocycles. The van der Waals surface area contributed by atoms with E-state index < -0.39 is 10.9 Å². The van der Waals surface area contributed by atoms with E-state index in [9.17, 15) is 20.2 Å². The molecular weight excluding hydrogens is 420 g/mol. The highest BCUT2D eigenvalue weighted by atomic mass is 35.5. The molecule has 0 fully saturated rings. The van der Waals surface area contributed by atoms with Crippen LogP contribution < -0.4 is 9.47 Å². The Kier molecular flexibility index (Phi) is 6.65. The molecule has 0 bridgehead atoms. The quantitative estimate of drug-likeness (QED) is 0.126. The van der Waals surface area contributed by atoms with E-state index in [1.165, 1.54) is 25.3 Å². The average molecular weight is 435 g/mol. The number of rotatable bonds is 6. The number of ether oxygens (including phenoxy) is 2. The topological polar surface area (TPSA) is 102 Å². The smallest absolute Gasteiger partial charge is 0.345 e. The van der Waals surface area contributed by atoms with Crippen LogP contribution in [0.3, 0.4) is 0 Å². The summed E-state index contributed by atoms with van der Waals surface area (Å²) in [5.74, 6) is -0.383. The Morgan fingerprint density at radius 2 is 1.84 bits per heavy atom. The number of esters is 1. The fraction of sp³-hybridized carbons (Fsp3) is 0.0435. The summed E-state index contributed by atoms with van der Waals surface area (Å²) in [5, 5.41) is 20.2. The minimum absolute atomic E-state index is 0.0193. The lowest BCUT2D eigenvalue weighted by atomic mass is 10.0. The Morgan fingerprint density at radius 1 is 1.10 bits per heavy atom. The van der Waals surface area contributed by atoms with Crippen molar-refractivity contribution in [3.63, 3.8) is 0 Å². The summed E-state index contributed by atoms with van der Waals surface area (Å²) in [6.45, 7) is 0. The molecule has 31 heavy (non-hydrogen) atoms. The van der Waals surface area contributed by atoms with Crippen LogP contribution in [0.5, 0.6) is 11.5 Å². The monoisotopic (exact) mass is 434 g/mol. The van der Waals surface area contributed by atoms with Crippen molar-refractivity contribution in [2.45, 2.75) is 0 Å². The fourth-order valence-electron chi connectivity index (χ4n) is 2.76. The molecule has 0 saturated heterocycles. The van der Waals surface area contributed by atoms with Crippen molar-refractivity contribution in [1.82, 2.24) is 0 Å². The molecule has 0 aliphatic carbocycles. The first-order chi connectivity index (χ1) is 14.9. The second-order valence-electron chi connectivity index (χ2n) is 6.26. The van der Waals surface area contributed by atoms with Crippen LogP contribution in [0.4, 0.5) is 5.69 Å². The van der Waals surface area contributed by atoms with Gasteiger partial charge >= 0.3 is 5.97 Å². The van der Waals surface area contributed by atoms with Gasteiger partial charge in [-0.25, -0.2) is 4.79 Å². The summed E-state index contributed by atoms with van der Waals surface area (Å²) < 4.78 is 10.7. The van der Waals surface area contributed by atoms with Crippen LogP contribution in [0.1, 0.15) is 21.5 Å². The highest BCUT2D eigenvalue weighted by Gasteiger charge is 2.18. The summed E-state index contributed by atoms with van der Waals surface area (Å²) in [7, 11) is 1.42. The van der Waals surface area contributed by atoms with E-state index in [0.29, 0.717) is 11.1 Å². The molecule has 0 spiro atoms. The SMILES string of the molecule is COc1cc(C=C(C#N)c2ccccc2)ccc1OC(=O)c1ccc([N+](=O)[O-])cc1Cl. The van der Waals surface area contributed by atoms with E-state index in [2.05, 4.69) is 6.07 Å². The predicted molar refractivity (Wildman–Crippen MR) is 116 cm³/mol. The third kappa shape index (κ3) is 5.07. The van der Waals surface area contributed by atoms with Crippen molar-refractivity contribution in [3.8, 4) is 17.6 Å². The number of nitrogens with zero attached hydrogens (tertiary/aromatic N) is 2. The van der Waals surface area contributed by atoms with Crippen molar-refractivity contribution in [2.75, 3.05) is 7.11 Å². The summed E-state index contributed by atoms with van der Waals surface area (Å²) in [4.78, 5) is 22.7. The highest BCUT2D eigenvalue weighted by molar-refractivity contribution is 6.33. The van der Waals surface area contributed by atoms with Crippen molar-refractivity contribution in [3.05, 3.63) is 98.6 Å². The van der Waals surface area contributed by atoms with Gasteiger partial charge in [0.2, 0.25) is 0 Å². The van der Waals surface area contributed by atoms with Crippen LogP contribution in [-0.2, 0) is 0 Å². The Labute approximate surface area is 182 Å². The van der Waals surface area contributed by atoms with E-state index in [-0.39, 0.29) is 27.8 Å². The van der Waals surface area contributed by atoms with Crippen LogP contribution in [0.25, 0.3) is 11.6 Å². The third-order valence-electron chi connectivity index (χ3n) is 4.29. The Morgan fingerprint density at radius 3 is 2.45 bits per heavy atom. The molecule has 0 heterocycles. The lowest BCUT2D eigenvalue weighted by Crippen LogP contribution is -2.10. The Balaban J connectivity index is 1.87. The second-order valence-corrected chi connectivity index (χ2v) is 6.66. The first-order valence-electron chi connectivity index (χ1n) is 8.94. The number of hydrogen-bond acceptors (Lipinski definition) is 6. The minimum atomic E-state index is -0.788. The number of halogens is 1. The lowest BCUT2D eigenvalue weighted by Gasteiger charge is -2.11. The van der Waals surface area contributed by atoms with Crippen molar-refractivity contribution >= 4 is 34.9 Å². The summed E-state index contributed by atoms with van der Waals surface area (Å²) >= 11 is 5.99. The number of nitro groups is 1. The predicted octanol–water partition coefficient (Wildman–Crippen LogP) is 5.54. The van der Waals surface area contributed by atoms with Gasteiger partial charge in [-0.2, -0.15) is 5.26 Å². The second kappa shape index (κ2) is 9.57. The number of carbonyl (C=O) groups excluding carboxylic acids is 1. The highest BCUT2D eigenvalue weighted by Crippen LogP contribution is 2.31. The van der Waals surface area contributed by atoms with Crippen LogP contribution in [0.2, 0.25) is 5.02 Å². The molecule has 0 N–H and O–H groups in total. The van der Waals surface area contributed by atoms with Gasteiger partial charge in [-0.1, -0.05) is 48.0 Å². The number of benzene rings is 3. The maximum atomic E-state index is 12.5. The first-order valence-corrected chi connectivity index (χ1v) is 9.32. The molecule has 0 aliphatic rings. The molecule has 0 unspecified atom stereocenters. The molecule has 3 rings (SSSR count). The lowest BCUT2D eigenvalue weighted by molar-refractivity contribution is -0.384. The zero-order valence-electron chi connectivity index (χ0n) is 16.2. The Hall–Kier alpha value is -4.15. The summed E-state index contributed by atoms with van der Waals surface area (Å²) in [5.41, 5.74) is 1.65. The number of hydrogen-bond donors (Lipinski definition) is 0. The van der Waals surface area contributed by atoms with Gasteiger partial charge in [0.1, 0.15) is 0 Å². The number of nitro benzene ring substituents is 1. The summed E-state index contributed by atoms with van der Waals surface area (Å²) in [6, 6.07) is 19.7. The Bertz CT molecular complexity index is 1220. The molecule has 0 aromatic heterocycles. The molecule has 8 heteroatoms. The molecular formula is C23H15ClN2O5. The average Bonchev–Trinajstić information content (AvgIpc) is 2.78. The number of non-ortho nitro benzene ring substituents is 1. The van der Waals surface area contributed by atoms with Gasteiger partial charge < -0.3 is 9.47 Å². The fourth-order valence-corrected chi connectivity index (χ4v) is 3.01. The van der Waals surface area contributed by atoms with Gasteiger partial charge in [0, 0.05) is 12.1 Å². The maximum Gasteiger partial charge on any atom is 0.345 e. The zero-order valence-corrected chi connectivity index (χ0v) is 17.0. The van der Waals surface area contributed by atoms with E-state index in [0.717, 1.165) is 11.6 Å². The molecule has 0 amide bonds. The van der Waals surface area contributed by atoms with Gasteiger partial charge in [0.05, 0.1) is 34.3 Å². The van der Waals surface area contributed by atoms with E-state index >= 15 is 0 Å². The van der Waals surface area contributed by atoms with Crippen LogP contribution in [0.15, 0.2) is 66.7 Å². The van der Waals surface area contributed by atoms with Crippen LogP contribution in [0, 0.1) is 21.4 Å². The minimum Gasteiger partial charge on any atom is -0.493 e. The van der Waals surface area contributed by atoms with Crippen molar-refractivity contribution < 1.29 is 19.2 Å². The maximum absolute atomic E-state index is 12.5. The zero-order chi connectivity index (χ0) is 22.4. The van der Waals surface area contributed by atoms with E-state index in [1.807, 2.05) is 30.3 Å². The first kappa shape index (κ1) is 21.6. The number of nitriles is 1. The van der Waals surface area contributed by atoms with Crippen molar-refractivity contribution in [1.29, 1.82) is 5.26 Å². The van der Waals surface area contributed by atoms with Gasteiger partial charge in [-0.3, -0.25) is 10.1 Å². The van der Waals surface area contributed by atoms with Gasteiger partial charge in [-0.05, 0) is 35.4 Å². The third-order valence-corrected chi connectivity index (χ3v) is 4.60. The standard InChI is InChI=1S/C23H15ClN2O5/c1-30-22-12-15(11-17(14-25)16-5-3-2-4-6-16)7-10-21(22)31-23(27)19-9-8-18(26(28)29)13-20(19)24/h2-13H,1H3. The van der Waals surface area contributed by atoms with Crippen LogP contribution in [-0.4, -0.2) is 18.0 Å². The normalized spacial score (nSPS) is 10.8. The number of methoxy groups -OCH3 is 1. The molecule has 0 aliphatic heterocycles. The van der Waals surface area contributed by atoms with Crippen molar-refractivity contribution in [2.24, 2.45) is 0 Å². The molecule has 0 radical (unpaired) electrons. The molecule has 154 valence electrons. The van der Waals surface area contributed by atoms with E-state index in [4.69, 9.17) is 21.1 Å². The van der Waals surface area contributed by atoms with E-state index in [1.54, 1.807) is 18.2 Å². The van der Waals surface area contributed by atoms with Gasteiger partial charge in [-0.15, -0.1) is 0 Å². The largest absolute Gasteiger partial charge is 0.493 e. The molecule has 3 aromatic rings. The molecule has 0 atom stereocenters. The summed E-state index contributed by atoms with van der Waals surface area (Å²) in [6.07, 6.45) is 1.69. The van der Waals surface area contributed by atoms with Crippen LogP contribution >= 0.6 is 11.6 Å². The number of allylic oxidation sites excluding steroid dienone is 1. The molecule has 7 nitrogen and oxygen atoms in total.